The predicted octanol–water partition coefficient (Wildman–Crippen LogP) is 3.26. The number of carbonyl (C=O) groups excluding carboxylic acids is 1. The number of hydrogen-bond acceptors (Lipinski definition) is 2. The van der Waals surface area contributed by atoms with Crippen LogP contribution in [0.1, 0.15) is 44.2 Å². The summed E-state index contributed by atoms with van der Waals surface area (Å²) in [6.07, 6.45) is -2.33. The Kier molecular flexibility index (Phi) is 5.04. The average Bonchev–Trinajstić information content (AvgIpc) is 2.89. The molecule has 1 fully saturated rings. The van der Waals surface area contributed by atoms with E-state index in [1.165, 1.54) is 12.1 Å². The van der Waals surface area contributed by atoms with Crippen molar-refractivity contribution in [2.45, 2.75) is 50.8 Å². The van der Waals surface area contributed by atoms with Crippen molar-refractivity contribution in [3.05, 3.63) is 35.4 Å². The fraction of sp³-hybridized carbons (Fsp3) is 0.588. The maximum atomic E-state index is 12.8. The number of aliphatic hydroxyl groups is 1. The van der Waals surface area contributed by atoms with Gasteiger partial charge in [-0.25, -0.2) is 0 Å². The molecule has 6 heteroatoms. The van der Waals surface area contributed by atoms with Crippen LogP contribution in [0.2, 0.25) is 0 Å². The molecular weight excluding hydrogens is 307 g/mol. The molecule has 1 aliphatic carbocycles. The van der Waals surface area contributed by atoms with Gasteiger partial charge in [0.2, 0.25) is 5.91 Å². The van der Waals surface area contributed by atoms with Crippen LogP contribution in [-0.4, -0.2) is 23.7 Å². The van der Waals surface area contributed by atoms with E-state index in [4.69, 9.17) is 0 Å². The zero-order valence-corrected chi connectivity index (χ0v) is 13.3. The highest BCUT2D eigenvalue weighted by Crippen LogP contribution is 2.33. The number of amides is 1. The molecule has 0 spiro atoms. The maximum absolute atomic E-state index is 12.8. The van der Waals surface area contributed by atoms with Gasteiger partial charge < -0.3 is 10.4 Å². The summed E-state index contributed by atoms with van der Waals surface area (Å²) in [5.41, 5.74) is -1.52. The molecule has 1 aromatic rings. The van der Waals surface area contributed by atoms with Crippen LogP contribution in [0.3, 0.4) is 0 Å². The van der Waals surface area contributed by atoms with Gasteiger partial charge >= 0.3 is 6.18 Å². The molecule has 128 valence electrons. The summed E-state index contributed by atoms with van der Waals surface area (Å²) in [6.45, 7) is 3.55. The van der Waals surface area contributed by atoms with Crippen LogP contribution in [0.4, 0.5) is 13.2 Å². The van der Waals surface area contributed by atoms with Crippen molar-refractivity contribution < 1.29 is 23.1 Å². The number of rotatable bonds is 4. The molecule has 0 radical (unpaired) electrons. The summed E-state index contributed by atoms with van der Waals surface area (Å²) in [5.74, 6) is -0.313. The average molecular weight is 329 g/mol. The van der Waals surface area contributed by atoms with Crippen LogP contribution in [0.25, 0.3) is 0 Å². The Morgan fingerprint density at radius 1 is 1.26 bits per heavy atom. The fourth-order valence-electron chi connectivity index (χ4n) is 2.92. The van der Waals surface area contributed by atoms with Gasteiger partial charge in [0, 0.05) is 12.5 Å². The van der Waals surface area contributed by atoms with Gasteiger partial charge in [-0.2, -0.15) is 13.2 Å². The highest BCUT2D eigenvalue weighted by molar-refractivity contribution is 5.87. The van der Waals surface area contributed by atoms with Crippen LogP contribution >= 0.6 is 0 Å². The predicted molar refractivity (Wildman–Crippen MR) is 80.8 cm³/mol. The molecule has 3 nitrogen and oxygen atoms in total. The van der Waals surface area contributed by atoms with Gasteiger partial charge in [-0.05, 0) is 38.3 Å². The van der Waals surface area contributed by atoms with Crippen molar-refractivity contribution in [2.24, 2.45) is 5.92 Å². The number of halogens is 3. The first-order valence-electron chi connectivity index (χ1n) is 7.76. The van der Waals surface area contributed by atoms with E-state index in [2.05, 4.69) is 5.32 Å². The number of benzene rings is 1. The van der Waals surface area contributed by atoms with E-state index in [0.717, 1.165) is 31.4 Å². The second kappa shape index (κ2) is 6.51. The van der Waals surface area contributed by atoms with Gasteiger partial charge in [0.25, 0.3) is 0 Å². The van der Waals surface area contributed by atoms with Crippen LogP contribution in [-0.2, 0) is 16.4 Å². The van der Waals surface area contributed by atoms with Crippen LogP contribution < -0.4 is 5.32 Å². The number of nitrogens with one attached hydrogen (secondary N) is 1. The lowest BCUT2D eigenvalue weighted by Gasteiger charge is -2.26. The zero-order chi connectivity index (χ0) is 17.3. The Labute approximate surface area is 133 Å². The summed E-state index contributed by atoms with van der Waals surface area (Å²) in [4.78, 5) is 12.4. The van der Waals surface area contributed by atoms with Crippen LogP contribution in [0, 0.1) is 5.92 Å². The van der Waals surface area contributed by atoms with Crippen molar-refractivity contribution in [3.63, 3.8) is 0 Å². The van der Waals surface area contributed by atoms with E-state index >= 15 is 0 Å². The van der Waals surface area contributed by atoms with E-state index in [1.807, 2.05) is 0 Å². The van der Waals surface area contributed by atoms with E-state index < -0.39 is 23.3 Å². The second-order valence-corrected chi connectivity index (χ2v) is 6.67. The van der Waals surface area contributed by atoms with Gasteiger partial charge in [0.1, 0.15) is 0 Å². The fourth-order valence-corrected chi connectivity index (χ4v) is 2.92. The molecule has 2 N–H and O–H groups in total. The molecule has 0 aliphatic heterocycles. The van der Waals surface area contributed by atoms with Crippen molar-refractivity contribution in [3.8, 4) is 0 Å². The molecular formula is C17H22F3NO2. The van der Waals surface area contributed by atoms with Crippen molar-refractivity contribution in [1.29, 1.82) is 0 Å². The molecule has 1 aliphatic rings. The van der Waals surface area contributed by atoms with E-state index in [9.17, 15) is 23.1 Å². The minimum Gasteiger partial charge on any atom is -0.393 e. The summed E-state index contributed by atoms with van der Waals surface area (Å²) in [5, 5.41) is 12.5. The first-order chi connectivity index (χ1) is 10.6. The largest absolute Gasteiger partial charge is 0.416 e. The number of carbonyl (C=O) groups is 1. The Morgan fingerprint density at radius 2 is 1.91 bits per heavy atom. The third-order valence-electron chi connectivity index (χ3n) is 4.62. The molecule has 1 aromatic carbocycles. The van der Waals surface area contributed by atoms with Gasteiger partial charge in [-0.3, -0.25) is 4.79 Å². The molecule has 1 amide bonds. The number of hydrogen-bond donors (Lipinski definition) is 2. The summed E-state index contributed by atoms with van der Waals surface area (Å²) in [6, 6.07) is 4.85. The van der Waals surface area contributed by atoms with E-state index in [-0.39, 0.29) is 11.8 Å². The monoisotopic (exact) mass is 329 g/mol. The quantitative estimate of drug-likeness (QED) is 0.891. The standard InChI is InChI=1S/C17H22F3NO2/c1-16(2,12-6-4-7-13(9-12)17(18,19)20)15(23)21-10-11-5-3-8-14(11)22/h4,6-7,9,11,14,22H,3,5,8,10H2,1-2H3,(H,21,23). The molecule has 23 heavy (non-hydrogen) atoms. The Morgan fingerprint density at radius 3 is 2.48 bits per heavy atom. The molecule has 2 rings (SSSR count). The zero-order valence-electron chi connectivity index (χ0n) is 13.3. The molecule has 2 unspecified atom stereocenters. The first-order valence-corrected chi connectivity index (χ1v) is 7.76. The van der Waals surface area contributed by atoms with Gasteiger partial charge in [0.15, 0.2) is 0 Å². The SMILES string of the molecule is CC(C)(C(=O)NCC1CCCC1O)c1cccc(C(F)(F)F)c1. The lowest BCUT2D eigenvalue weighted by atomic mass is 9.82. The Hall–Kier alpha value is -1.56. The lowest BCUT2D eigenvalue weighted by Crippen LogP contribution is -2.43. The van der Waals surface area contributed by atoms with E-state index in [0.29, 0.717) is 12.1 Å². The minimum atomic E-state index is -4.43. The normalized spacial score (nSPS) is 22.2. The molecule has 0 aromatic heterocycles. The van der Waals surface area contributed by atoms with Crippen molar-refractivity contribution in [2.75, 3.05) is 6.54 Å². The van der Waals surface area contributed by atoms with Gasteiger partial charge in [0.05, 0.1) is 17.1 Å². The molecule has 2 atom stereocenters. The molecule has 0 heterocycles. The molecule has 0 saturated heterocycles. The summed E-state index contributed by atoms with van der Waals surface area (Å²) >= 11 is 0. The topological polar surface area (TPSA) is 49.3 Å². The number of aliphatic hydroxyl groups excluding tert-OH is 1. The van der Waals surface area contributed by atoms with Crippen LogP contribution in [0.15, 0.2) is 24.3 Å². The Bertz CT molecular complexity index is 569. The lowest BCUT2D eigenvalue weighted by molar-refractivity contribution is -0.138. The molecule has 0 bridgehead atoms. The maximum Gasteiger partial charge on any atom is 0.416 e. The first kappa shape index (κ1) is 17.8. The smallest absolute Gasteiger partial charge is 0.393 e. The van der Waals surface area contributed by atoms with Crippen LogP contribution in [0.5, 0.6) is 0 Å². The third-order valence-corrected chi connectivity index (χ3v) is 4.62. The minimum absolute atomic E-state index is 0.0243. The highest BCUT2D eigenvalue weighted by Gasteiger charge is 2.35. The summed E-state index contributed by atoms with van der Waals surface area (Å²) in [7, 11) is 0. The van der Waals surface area contributed by atoms with Crippen molar-refractivity contribution >= 4 is 5.91 Å². The second-order valence-electron chi connectivity index (χ2n) is 6.67. The number of alkyl halides is 3. The summed E-state index contributed by atoms with van der Waals surface area (Å²) < 4.78 is 38.5. The van der Waals surface area contributed by atoms with Gasteiger partial charge in [-0.15, -0.1) is 0 Å². The third kappa shape index (κ3) is 4.05. The van der Waals surface area contributed by atoms with E-state index in [1.54, 1.807) is 13.8 Å². The van der Waals surface area contributed by atoms with Crippen molar-refractivity contribution in [1.82, 2.24) is 5.32 Å². The molecule has 1 saturated carbocycles. The highest BCUT2D eigenvalue weighted by atomic mass is 19.4. The van der Waals surface area contributed by atoms with Gasteiger partial charge in [-0.1, -0.05) is 24.6 Å². The Balaban J connectivity index is 2.09.